The monoisotopic (exact) mass is 269 g/mol. The van der Waals surface area contributed by atoms with Gasteiger partial charge in [-0.3, -0.25) is 0 Å². The van der Waals surface area contributed by atoms with E-state index in [0.717, 1.165) is 9.35 Å². The van der Waals surface area contributed by atoms with Crippen LogP contribution in [0.25, 0.3) is 0 Å². The molecule has 1 rings (SSSR count). The average Bonchev–Trinajstić information content (AvgIpc) is 2.36. The first-order chi connectivity index (χ1) is 5.55. The van der Waals surface area contributed by atoms with Gasteiger partial charge >= 0.3 is 0 Å². The Kier molecular flexibility index (Phi) is 3.28. The molecule has 0 amide bonds. The van der Waals surface area contributed by atoms with E-state index in [0.29, 0.717) is 0 Å². The van der Waals surface area contributed by atoms with Crippen molar-refractivity contribution >= 4 is 37.3 Å². The Morgan fingerprint density at radius 2 is 2.33 bits per heavy atom. The summed E-state index contributed by atoms with van der Waals surface area (Å²) in [5.74, 6) is 0.0434. The van der Waals surface area contributed by atoms with Gasteiger partial charge in [0.05, 0.1) is 5.75 Å². The van der Waals surface area contributed by atoms with Gasteiger partial charge in [-0.25, -0.2) is 13.1 Å². The fourth-order valence-corrected chi connectivity index (χ4v) is 3.52. The maximum atomic E-state index is 11.1. The molecule has 68 valence electrons. The van der Waals surface area contributed by atoms with E-state index in [1.54, 1.807) is 0 Å². The molecular weight excluding hydrogens is 262 g/mol. The molecule has 0 saturated heterocycles. The minimum atomic E-state index is -3.13. The summed E-state index contributed by atoms with van der Waals surface area (Å²) in [6.07, 6.45) is 0. The molecule has 0 unspecified atom stereocenters. The number of sulfonamides is 1. The fourth-order valence-electron chi connectivity index (χ4n) is 0.673. The Labute approximate surface area is 84.0 Å². The molecule has 6 heteroatoms. The molecule has 0 fully saturated rings. The van der Waals surface area contributed by atoms with E-state index in [2.05, 4.69) is 20.7 Å². The van der Waals surface area contributed by atoms with E-state index in [4.69, 9.17) is 0 Å². The van der Waals surface area contributed by atoms with Gasteiger partial charge in [0.25, 0.3) is 0 Å². The third-order valence-corrected chi connectivity index (χ3v) is 4.72. The standard InChI is InChI=1S/C6H8BrNO2S2/c1-8-12(9,10)4-6-5(7)2-3-11-6/h2-3,8H,4H2,1H3. The van der Waals surface area contributed by atoms with Gasteiger partial charge in [-0.1, -0.05) is 0 Å². The molecule has 0 spiro atoms. The van der Waals surface area contributed by atoms with E-state index >= 15 is 0 Å². The summed E-state index contributed by atoms with van der Waals surface area (Å²) >= 11 is 4.69. The van der Waals surface area contributed by atoms with Gasteiger partial charge in [0.1, 0.15) is 0 Å². The average molecular weight is 270 g/mol. The molecule has 1 aromatic rings. The molecule has 0 aromatic carbocycles. The Balaban J connectivity index is 2.84. The molecule has 1 aromatic heterocycles. The summed E-state index contributed by atoms with van der Waals surface area (Å²) in [5.41, 5.74) is 0. The van der Waals surface area contributed by atoms with Crippen molar-refractivity contribution in [1.82, 2.24) is 4.72 Å². The lowest BCUT2D eigenvalue weighted by Gasteiger charge is -1.99. The number of halogens is 1. The summed E-state index contributed by atoms with van der Waals surface area (Å²) in [4.78, 5) is 0.823. The van der Waals surface area contributed by atoms with Crippen molar-refractivity contribution < 1.29 is 8.42 Å². The second kappa shape index (κ2) is 3.87. The Morgan fingerprint density at radius 1 is 1.67 bits per heavy atom. The van der Waals surface area contributed by atoms with Crippen molar-refractivity contribution in [3.63, 3.8) is 0 Å². The molecule has 0 bridgehead atoms. The van der Waals surface area contributed by atoms with Crippen molar-refractivity contribution in [2.45, 2.75) is 5.75 Å². The van der Waals surface area contributed by atoms with Crippen molar-refractivity contribution in [1.29, 1.82) is 0 Å². The molecule has 0 aliphatic heterocycles. The molecule has 1 N–H and O–H groups in total. The molecule has 0 aliphatic rings. The minimum absolute atomic E-state index is 0.0434. The highest BCUT2D eigenvalue weighted by Gasteiger charge is 2.11. The predicted molar refractivity (Wildman–Crippen MR) is 53.7 cm³/mol. The zero-order chi connectivity index (χ0) is 9.19. The van der Waals surface area contributed by atoms with Crippen LogP contribution in [-0.2, 0) is 15.8 Å². The Bertz CT molecular complexity index is 357. The van der Waals surface area contributed by atoms with Crippen LogP contribution in [0.3, 0.4) is 0 Å². The van der Waals surface area contributed by atoms with Crippen LogP contribution in [0.2, 0.25) is 0 Å². The molecule has 0 atom stereocenters. The first-order valence-electron chi connectivity index (χ1n) is 3.18. The largest absolute Gasteiger partial charge is 0.218 e. The van der Waals surface area contributed by atoms with Crippen LogP contribution in [0.5, 0.6) is 0 Å². The van der Waals surface area contributed by atoms with Crippen LogP contribution in [0, 0.1) is 0 Å². The van der Waals surface area contributed by atoms with E-state index < -0.39 is 10.0 Å². The zero-order valence-electron chi connectivity index (χ0n) is 6.37. The van der Waals surface area contributed by atoms with Crippen molar-refractivity contribution in [3.05, 3.63) is 20.8 Å². The second-order valence-electron chi connectivity index (χ2n) is 2.15. The quantitative estimate of drug-likeness (QED) is 0.906. The van der Waals surface area contributed by atoms with Gasteiger partial charge in [0.2, 0.25) is 10.0 Å². The lowest BCUT2D eigenvalue weighted by molar-refractivity contribution is 0.587. The molecule has 12 heavy (non-hydrogen) atoms. The van der Waals surface area contributed by atoms with Crippen LogP contribution >= 0.6 is 27.3 Å². The van der Waals surface area contributed by atoms with E-state index in [1.165, 1.54) is 18.4 Å². The first kappa shape index (κ1) is 10.2. The van der Waals surface area contributed by atoms with Gasteiger partial charge in [-0.05, 0) is 34.4 Å². The Morgan fingerprint density at radius 3 is 2.75 bits per heavy atom. The lowest BCUT2D eigenvalue weighted by atomic mass is 10.5. The van der Waals surface area contributed by atoms with Gasteiger partial charge in [-0.15, -0.1) is 11.3 Å². The molecule has 0 radical (unpaired) electrons. The fraction of sp³-hybridized carbons (Fsp3) is 0.333. The SMILES string of the molecule is CNS(=O)(=O)Cc1sccc1Br. The van der Waals surface area contributed by atoms with Gasteiger partial charge < -0.3 is 0 Å². The van der Waals surface area contributed by atoms with Gasteiger partial charge in [0.15, 0.2) is 0 Å². The highest BCUT2D eigenvalue weighted by Crippen LogP contribution is 2.24. The van der Waals surface area contributed by atoms with Gasteiger partial charge in [-0.2, -0.15) is 0 Å². The second-order valence-corrected chi connectivity index (χ2v) is 5.94. The van der Waals surface area contributed by atoms with Crippen LogP contribution in [-0.4, -0.2) is 15.5 Å². The molecule has 1 heterocycles. The summed E-state index contributed by atoms with van der Waals surface area (Å²) in [5, 5.41) is 1.85. The van der Waals surface area contributed by atoms with Crippen LogP contribution in [0.4, 0.5) is 0 Å². The summed E-state index contributed by atoms with van der Waals surface area (Å²) in [7, 11) is -1.72. The number of nitrogens with one attached hydrogen (secondary N) is 1. The molecule has 0 saturated carbocycles. The van der Waals surface area contributed by atoms with Crippen molar-refractivity contribution in [3.8, 4) is 0 Å². The van der Waals surface area contributed by atoms with E-state index in [-0.39, 0.29) is 5.75 Å². The van der Waals surface area contributed by atoms with Gasteiger partial charge in [0, 0.05) is 9.35 Å². The maximum absolute atomic E-state index is 11.1. The number of hydrogen-bond acceptors (Lipinski definition) is 3. The Hall–Kier alpha value is 0.0900. The molecule has 0 aliphatic carbocycles. The van der Waals surface area contributed by atoms with Crippen LogP contribution in [0.1, 0.15) is 4.88 Å². The first-order valence-corrected chi connectivity index (χ1v) is 6.51. The predicted octanol–water partition coefficient (Wildman–Crippen LogP) is 1.56. The third-order valence-electron chi connectivity index (χ3n) is 1.32. The smallest absolute Gasteiger partial charge is 0.216 e. The normalized spacial score (nSPS) is 11.8. The van der Waals surface area contributed by atoms with E-state index in [1.807, 2.05) is 11.4 Å². The highest BCUT2D eigenvalue weighted by atomic mass is 79.9. The number of hydrogen-bond donors (Lipinski definition) is 1. The number of thiophene rings is 1. The van der Waals surface area contributed by atoms with Crippen LogP contribution < -0.4 is 4.72 Å². The van der Waals surface area contributed by atoms with Crippen molar-refractivity contribution in [2.75, 3.05) is 7.05 Å². The topological polar surface area (TPSA) is 46.2 Å². The highest BCUT2D eigenvalue weighted by molar-refractivity contribution is 9.10. The lowest BCUT2D eigenvalue weighted by Crippen LogP contribution is -2.19. The van der Waals surface area contributed by atoms with Crippen molar-refractivity contribution in [2.24, 2.45) is 0 Å². The van der Waals surface area contributed by atoms with E-state index in [9.17, 15) is 8.42 Å². The molecular formula is C6H8BrNO2S2. The van der Waals surface area contributed by atoms with Crippen LogP contribution in [0.15, 0.2) is 15.9 Å². The summed E-state index contributed by atoms with van der Waals surface area (Å²) in [6.45, 7) is 0. The number of rotatable bonds is 3. The zero-order valence-corrected chi connectivity index (χ0v) is 9.59. The third kappa shape index (κ3) is 2.55. The maximum Gasteiger partial charge on any atom is 0.216 e. The summed E-state index contributed by atoms with van der Waals surface area (Å²) < 4.78 is 25.3. The minimum Gasteiger partial charge on any atom is -0.218 e. The molecule has 3 nitrogen and oxygen atoms in total. The summed E-state index contributed by atoms with van der Waals surface area (Å²) in [6, 6.07) is 1.84.